The van der Waals surface area contributed by atoms with Crippen molar-refractivity contribution in [2.45, 2.75) is 26.1 Å². The summed E-state index contributed by atoms with van der Waals surface area (Å²) in [5, 5.41) is 0.616. The first-order valence-electron chi connectivity index (χ1n) is 6.98. The van der Waals surface area contributed by atoms with E-state index in [-0.39, 0.29) is 18.2 Å². The maximum Gasteiger partial charge on any atom is 0.330 e. The molecule has 0 N–H and O–H groups in total. The first kappa shape index (κ1) is 16.0. The molecular formula is C16H19ClO4. The average Bonchev–Trinajstić information content (AvgIpc) is 3.27. The minimum absolute atomic E-state index is 0.176. The van der Waals surface area contributed by atoms with Crippen LogP contribution in [-0.2, 0) is 19.0 Å². The second-order valence-electron chi connectivity index (χ2n) is 4.76. The summed E-state index contributed by atoms with van der Waals surface area (Å²) in [7, 11) is 0. The van der Waals surface area contributed by atoms with Gasteiger partial charge in [0.15, 0.2) is 0 Å². The van der Waals surface area contributed by atoms with Gasteiger partial charge in [-0.2, -0.15) is 0 Å². The molecule has 0 saturated carbocycles. The number of epoxide rings is 1. The first-order valence-corrected chi connectivity index (χ1v) is 7.36. The monoisotopic (exact) mass is 310 g/mol. The molecule has 0 spiro atoms. The maximum absolute atomic E-state index is 11.4. The molecule has 21 heavy (non-hydrogen) atoms. The van der Waals surface area contributed by atoms with Gasteiger partial charge in [-0.05, 0) is 31.6 Å². The topological polar surface area (TPSA) is 48.1 Å². The summed E-state index contributed by atoms with van der Waals surface area (Å²) in [6.07, 6.45) is 3.13. The van der Waals surface area contributed by atoms with Crippen molar-refractivity contribution in [1.82, 2.24) is 0 Å². The van der Waals surface area contributed by atoms with Gasteiger partial charge in [-0.3, -0.25) is 0 Å². The highest BCUT2D eigenvalue weighted by Gasteiger charge is 2.24. The van der Waals surface area contributed by atoms with Gasteiger partial charge >= 0.3 is 5.97 Å². The van der Waals surface area contributed by atoms with Crippen molar-refractivity contribution in [3.63, 3.8) is 0 Å². The van der Waals surface area contributed by atoms with Gasteiger partial charge in [0.1, 0.15) is 6.10 Å². The molecular weight excluding hydrogens is 292 g/mol. The van der Waals surface area contributed by atoms with Crippen LogP contribution >= 0.6 is 11.6 Å². The fourth-order valence-electron chi connectivity index (χ4n) is 1.98. The second-order valence-corrected chi connectivity index (χ2v) is 5.17. The molecule has 1 unspecified atom stereocenters. The van der Waals surface area contributed by atoms with Crippen LogP contribution in [0, 0.1) is 0 Å². The number of ether oxygens (including phenoxy) is 3. The van der Waals surface area contributed by atoms with E-state index in [1.807, 2.05) is 25.1 Å². The van der Waals surface area contributed by atoms with Crippen LogP contribution in [0.1, 0.15) is 31.1 Å². The SMILES string of the molecule is CCOC(=O)C=Cc1cccc(Cl)c1C(C)OC[C@H]1CO1. The van der Waals surface area contributed by atoms with Crippen LogP contribution in [0.3, 0.4) is 0 Å². The van der Waals surface area contributed by atoms with Crippen molar-refractivity contribution < 1.29 is 19.0 Å². The summed E-state index contributed by atoms with van der Waals surface area (Å²) in [6.45, 7) is 5.36. The first-order chi connectivity index (χ1) is 10.1. The molecule has 2 rings (SSSR count). The molecule has 2 atom stereocenters. The summed E-state index contributed by atoms with van der Waals surface area (Å²) in [5.41, 5.74) is 1.71. The number of esters is 1. The second kappa shape index (κ2) is 7.59. The van der Waals surface area contributed by atoms with Crippen LogP contribution < -0.4 is 0 Å². The summed E-state index contributed by atoms with van der Waals surface area (Å²) >= 11 is 6.27. The van der Waals surface area contributed by atoms with E-state index in [2.05, 4.69) is 0 Å². The molecule has 1 aliphatic rings. The highest BCUT2D eigenvalue weighted by atomic mass is 35.5. The number of hydrogen-bond donors (Lipinski definition) is 0. The molecule has 1 aromatic rings. The molecule has 1 heterocycles. The Morgan fingerprint density at radius 2 is 2.33 bits per heavy atom. The fourth-order valence-corrected chi connectivity index (χ4v) is 2.31. The molecule has 0 bridgehead atoms. The summed E-state index contributed by atoms with van der Waals surface area (Å²) in [6, 6.07) is 5.55. The van der Waals surface area contributed by atoms with E-state index >= 15 is 0 Å². The van der Waals surface area contributed by atoms with Gasteiger partial charge in [-0.25, -0.2) is 4.79 Å². The van der Waals surface area contributed by atoms with Crippen LogP contribution in [0.4, 0.5) is 0 Å². The van der Waals surface area contributed by atoms with Crippen LogP contribution in [-0.4, -0.2) is 31.9 Å². The maximum atomic E-state index is 11.4. The van der Waals surface area contributed by atoms with Crippen molar-refractivity contribution in [3.05, 3.63) is 40.4 Å². The Morgan fingerprint density at radius 1 is 1.57 bits per heavy atom. The van der Waals surface area contributed by atoms with Crippen LogP contribution in [0.15, 0.2) is 24.3 Å². The van der Waals surface area contributed by atoms with E-state index < -0.39 is 0 Å². The highest BCUT2D eigenvalue weighted by molar-refractivity contribution is 6.31. The van der Waals surface area contributed by atoms with Crippen molar-refractivity contribution in [1.29, 1.82) is 0 Å². The number of carbonyl (C=O) groups excluding carboxylic acids is 1. The Bertz CT molecular complexity index is 523. The van der Waals surface area contributed by atoms with Gasteiger partial charge in [0.25, 0.3) is 0 Å². The lowest BCUT2D eigenvalue weighted by molar-refractivity contribution is -0.137. The molecule has 0 amide bonds. The Balaban J connectivity index is 2.12. The van der Waals surface area contributed by atoms with E-state index in [1.54, 1.807) is 13.0 Å². The van der Waals surface area contributed by atoms with Gasteiger partial charge in [0.05, 0.1) is 25.9 Å². The van der Waals surface area contributed by atoms with Gasteiger partial charge in [-0.1, -0.05) is 23.7 Å². The quantitative estimate of drug-likeness (QED) is 0.440. The molecule has 1 aromatic carbocycles. The Morgan fingerprint density at radius 3 is 3.00 bits per heavy atom. The van der Waals surface area contributed by atoms with Crippen molar-refractivity contribution >= 4 is 23.6 Å². The van der Waals surface area contributed by atoms with Gasteiger partial charge in [-0.15, -0.1) is 0 Å². The zero-order valence-electron chi connectivity index (χ0n) is 12.2. The molecule has 0 radical (unpaired) electrons. The Labute approximate surface area is 129 Å². The molecule has 114 valence electrons. The van der Waals surface area contributed by atoms with E-state index in [0.717, 1.165) is 17.7 Å². The fraction of sp³-hybridized carbons (Fsp3) is 0.438. The van der Waals surface area contributed by atoms with Gasteiger partial charge in [0.2, 0.25) is 0 Å². The van der Waals surface area contributed by atoms with Gasteiger partial charge < -0.3 is 14.2 Å². The molecule has 0 aliphatic carbocycles. The normalized spacial score (nSPS) is 18.7. The largest absolute Gasteiger partial charge is 0.463 e. The lowest BCUT2D eigenvalue weighted by atomic mass is 10.0. The van der Waals surface area contributed by atoms with Crippen molar-refractivity contribution in [3.8, 4) is 0 Å². The molecule has 0 aromatic heterocycles. The summed E-state index contributed by atoms with van der Waals surface area (Å²) < 4.78 is 15.8. The van der Waals surface area contributed by atoms with Crippen LogP contribution in [0.5, 0.6) is 0 Å². The molecule has 5 heteroatoms. The molecule has 1 fully saturated rings. The number of carbonyl (C=O) groups is 1. The van der Waals surface area contributed by atoms with Crippen LogP contribution in [0.25, 0.3) is 6.08 Å². The average molecular weight is 311 g/mol. The predicted molar refractivity (Wildman–Crippen MR) is 81.2 cm³/mol. The number of halogens is 1. The van der Waals surface area contributed by atoms with Crippen LogP contribution in [0.2, 0.25) is 5.02 Å². The molecule has 1 saturated heterocycles. The minimum Gasteiger partial charge on any atom is -0.463 e. The van der Waals surface area contributed by atoms with E-state index in [4.69, 9.17) is 25.8 Å². The van der Waals surface area contributed by atoms with E-state index in [0.29, 0.717) is 18.2 Å². The van der Waals surface area contributed by atoms with Crippen molar-refractivity contribution in [2.75, 3.05) is 19.8 Å². The van der Waals surface area contributed by atoms with E-state index in [1.165, 1.54) is 6.08 Å². The lowest BCUT2D eigenvalue weighted by Crippen LogP contribution is -2.08. The number of benzene rings is 1. The molecule has 4 nitrogen and oxygen atoms in total. The summed E-state index contributed by atoms with van der Waals surface area (Å²) in [5.74, 6) is -0.372. The summed E-state index contributed by atoms with van der Waals surface area (Å²) in [4.78, 5) is 11.4. The lowest BCUT2D eigenvalue weighted by Gasteiger charge is -2.17. The number of hydrogen-bond acceptors (Lipinski definition) is 4. The Hall–Kier alpha value is -1.36. The van der Waals surface area contributed by atoms with Crippen molar-refractivity contribution in [2.24, 2.45) is 0 Å². The predicted octanol–water partition coefficient (Wildman–Crippen LogP) is 3.39. The third-order valence-corrected chi connectivity index (χ3v) is 3.44. The molecule has 1 aliphatic heterocycles. The number of rotatable bonds is 7. The third-order valence-electron chi connectivity index (χ3n) is 3.11. The third kappa shape index (κ3) is 4.84. The van der Waals surface area contributed by atoms with E-state index in [9.17, 15) is 4.79 Å². The zero-order chi connectivity index (χ0) is 15.2. The minimum atomic E-state index is -0.372. The Kier molecular flexibility index (Phi) is 5.79. The highest BCUT2D eigenvalue weighted by Crippen LogP contribution is 2.30. The standard InChI is InChI=1S/C16H19ClO4/c1-3-19-15(18)8-7-12-5-4-6-14(17)16(12)11(2)20-9-13-10-21-13/h4-8,11,13H,3,9-10H2,1-2H3/t11?,13-/m0/s1. The van der Waals surface area contributed by atoms with Gasteiger partial charge in [0, 0.05) is 16.7 Å². The smallest absolute Gasteiger partial charge is 0.330 e. The zero-order valence-corrected chi connectivity index (χ0v) is 12.9.